The van der Waals surface area contributed by atoms with E-state index in [1.54, 1.807) is 62.4 Å². The van der Waals surface area contributed by atoms with Crippen LogP contribution in [-0.2, 0) is 9.47 Å². The average Bonchev–Trinajstić information content (AvgIpc) is 2.85. The van der Waals surface area contributed by atoms with Crippen LogP contribution in [0.5, 0.6) is 11.5 Å². The van der Waals surface area contributed by atoms with Gasteiger partial charge < -0.3 is 29.2 Å². The normalized spacial score (nSPS) is 14.6. The molecule has 2 aromatic rings. The first-order valence-electron chi connectivity index (χ1n) is 10.1. The smallest absolute Gasteiger partial charge is 0.338 e. The maximum Gasteiger partial charge on any atom is 0.338 e. The monoisotopic (exact) mass is 446 g/mol. The summed E-state index contributed by atoms with van der Waals surface area (Å²) in [6.45, 7) is 2.13. The fourth-order valence-electron chi connectivity index (χ4n) is 2.89. The zero-order valence-corrected chi connectivity index (χ0v) is 18.8. The van der Waals surface area contributed by atoms with Crippen LogP contribution in [0.1, 0.15) is 34.6 Å². The van der Waals surface area contributed by atoms with Gasteiger partial charge in [-0.3, -0.25) is 0 Å². The molecule has 0 aliphatic heterocycles. The lowest BCUT2D eigenvalue weighted by atomic mass is 9.67. The van der Waals surface area contributed by atoms with Crippen LogP contribution in [0.4, 0.5) is 0 Å². The Labute approximate surface area is 187 Å². The van der Waals surface area contributed by atoms with Crippen LogP contribution in [0.15, 0.2) is 48.5 Å². The van der Waals surface area contributed by atoms with Gasteiger partial charge in [-0.25, -0.2) is 9.59 Å². The first-order valence-corrected chi connectivity index (χ1v) is 10.1. The topological polar surface area (TPSA) is 112 Å². The molecule has 0 bridgehead atoms. The number of aliphatic hydroxyl groups is 2. The Morgan fingerprint density at radius 1 is 0.688 bits per heavy atom. The third-order valence-electron chi connectivity index (χ3n) is 5.85. The lowest BCUT2D eigenvalue weighted by Crippen LogP contribution is -2.50. The molecular weight excluding hydrogens is 416 g/mol. The van der Waals surface area contributed by atoms with E-state index in [1.807, 2.05) is 0 Å². The number of hydrogen-bond donors (Lipinski definition) is 2. The summed E-state index contributed by atoms with van der Waals surface area (Å²) in [5.74, 6) is 0.0484. The number of carbonyl (C=O) groups excluding carboxylic acids is 2. The minimum atomic E-state index is -1.08. The van der Waals surface area contributed by atoms with Crippen LogP contribution in [0.25, 0.3) is 0 Å². The summed E-state index contributed by atoms with van der Waals surface area (Å²) in [5, 5.41) is 20.1. The van der Waals surface area contributed by atoms with Gasteiger partial charge in [0.1, 0.15) is 11.5 Å². The summed E-state index contributed by atoms with van der Waals surface area (Å²) in [6, 6.07) is 12.8. The van der Waals surface area contributed by atoms with Crippen LogP contribution in [0, 0.1) is 10.8 Å². The van der Waals surface area contributed by atoms with E-state index in [4.69, 9.17) is 18.9 Å². The SMILES string of the molecule is COc1ccc(C(=O)OC[C@](C)(CO)[C@@](C)(CO)COC(=O)c2ccc(OC)cc2)cc1. The fourth-order valence-corrected chi connectivity index (χ4v) is 2.89. The number of esters is 2. The van der Waals surface area contributed by atoms with Crippen molar-refractivity contribution >= 4 is 11.9 Å². The number of rotatable bonds is 11. The molecule has 0 saturated carbocycles. The quantitative estimate of drug-likeness (QED) is 0.507. The molecule has 0 unspecified atom stereocenters. The molecule has 2 rings (SSSR count). The van der Waals surface area contributed by atoms with Crippen molar-refractivity contribution in [3.63, 3.8) is 0 Å². The van der Waals surface area contributed by atoms with Crippen molar-refractivity contribution in [3.8, 4) is 11.5 Å². The van der Waals surface area contributed by atoms with Crippen LogP contribution >= 0.6 is 0 Å². The Morgan fingerprint density at radius 2 is 1.00 bits per heavy atom. The summed E-state index contributed by atoms with van der Waals surface area (Å²) >= 11 is 0. The van der Waals surface area contributed by atoms with Gasteiger partial charge in [-0.05, 0) is 48.5 Å². The summed E-state index contributed by atoms with van der Waals surface area (Å²) in [5.41, 5.74) is -1.51. The number of aliphatic hydroxyl groups excluding tert-OH is 2. The number of benzene rings is 2. The standard InChI is InChI=1S/C24H30O8/c1-23(13-25,15-31-21(27)17-5-9-19(29-3)10-6-17)24(2,14-26)16-32-22(28)18-7-11-20(30-4)12-8-18/h5-12,25-26H,13-16H2,1-4H3/t23-,24-/m0/s1. The molecule has 2 atom stereocenters. The first-order chi connectivity index (χ1) is 15.2. The van der Waals surface area contributed by atoms with Gasteiger partial charge in [-0.2, -0.15) is 0 Å². The number of methoxy groups -OCH3 is 2. The first kappa shape index (κ1) is 25.2. The van der Waals surface area contributed by atoms with Crippen molar-refractivity contribution in [1.82, 2.24) is 0 Å². The van der Waals surface area contributed by atoms with Gasteiger partial charge in [0.2, 0.25) is 0 Å². The Balaban J connectivity index is 2.05. The second-order valence-corrected chi connectivity index (χ2v) is 8.05. The van der Waals surface area contributed by atoms with Crippen molar-refractivity contribution < 1.29 is 38.7 Å². The van der Waals surface area contributed by atoms with Crippen molar-refractivity contribution in [1.29, 1.82) is 0 Å². The van der Waals surface area contributed by atoms with Gasteiger partial charge in [0.25, 0.3) is 0 Å². The number of ether oxygens (including phenoxy) is 4. The van der Waals surface area contributed by atoms with Crippen molar-refractivity contribution in [2.24, 2.45) is 10.8 Å². The van der Waals surface area contributed by atoms with Crippen LogP contribution in [0.2, 0.25) is 0 Å². The molecule has 2 aromatic carbocycles. The lowest BCUT2D eigenvalue weighted by molar-refractivity contribution is -0.0990. The average molecular weight is 446 g/mol. The molecule has 32 heavy (non-hydrogen) atoms. The Morgan fingerprint density at radius 3 is 1.25 bits per heavy atom. The number of carbonyl (C=O) groups is 2. The largest absolute Gasteiger partial charge is 0.497 e. The van der Waals surface area contributed by atoms with Gasteiger partial charge >= 0.3 is 11.9 Å². The highest BCUT2D eigenvalue weighted by Crippen LogP contribution is 2.39. The molecule has 0 radical (unpaired) electrons. The third kappa shape index (κ3) is 5.77. The highest BCUT2D eigenvalue weighted by Gasteiger charge is 2.46. The summed E-state index contributed by atoms with van der Waals surface area (Å²) in [7, 11) is 3.05. The van der Waals surface area contributed by atoms with E-state index in [0.717, 1.165) is 0 Å². The van der Waals surface area contributed by atoms with E-state index in [-0.39, 0.29) is 13.2 Å². The van der Waals surface area contributed by atoms with Gasteiger partial charge in [0.15, 0.2) is 0 Å². The van der Waals surface area contributed by atoms with E-state index >= 15 is 0 Å². The van der Waals surface area contributed by atoms with Crippen molar-refractivity contribution in [2.75, 3.05) is 40.6 Å². The summed E-state index contributed by atoms with van der Waals surface area (Å²) < 4.78 is 21.0. The van der Waals surface area contributed by atoms with E-state index in [1.165, 1.54) is 14.2 Å². The molecule has 0 amide bonds. The highest BCUT2D eigenvalue weighted by atomic mass is 16.5. The second-order valence-electron chi connectivity index (χ2n) is 8.05. The molecule has 0 fully saturated rings. The predicted octanol–water partition coefficient (Wildman–Crippen LogP) is 2.71. The minimum absolute atomic E-state index is 0.189. The van der Waals surface area contributed by atoms with Gasteiger partial charge in [-0.1, -0.05) is 13.8 Å². The van der Waals surface area contributed by atoms with Crippen LogP contribution in [0.3, 0.4) is 0 Å². The number of hydrogen-bond acceptors (Lipinski definition) is 8. The molecule has 174 valence electrons. The fraction of sp³-hybridized carbons (Fsp3) is 0.417. The zero-order chi connectivity index (χ0) is 23.8. The van der Waals surface area contributed by atoms with Gasteiger partial charge in [0, 0.05) is 10.8 Å². The maximum atomic E-state index is 12.4. The van der Waals surface area contributed by atoms with E-state index < -0.39 is 36.0 Å². The summed E-state index contributed by atoms with van der Waals surface area (Å²) in [6.07, 6.45) is 0. The van der Waals surface area contributed by atoms with E-state index in [2.05, 4.69) is 0 Å². The molecule has 0 aliphatic rings. The third-order valence-corrected chi connectivity index (χ3v) is 5.85. The summed E-state index contributed by atoms with van der Waals surface area (Å²) in [4.78, 5) is 24.8. The molecule has 0 aliphatic carbocycles. The Hall–Kier alpha value is -3.10. The van der Waals surface area contributed by atoms with E-state index in [0.29, 0.717) is 22.6 Å². The molecule has 8 heteroatoms. The van der Waals surface area contributed by atoms with Crippen molar-refractivity contribution in [2.45, 2.75) is 13.8 Å². The van der Waals surface area contributed by atoms with E-state index in [9.17, 15) is 19.8 Å². The molecule has 0 aromatic heterocycles. The Kier molecular flexibility index (Phi) is 8.63. The van der Waals surface area contributed by atoms with Crippen LogP contribution in [-0.4, -0.2) is 62.8 Å². The van der Waals surface area contributed by atoms with Crippen molar-refractivity contribution in [3.05, 3.63) is 59.7 Å². The second kappa shape index (κ2) is 11.0. The highest BCUT2D eigenvalue weighted by molar-refractivity contribution is 5.90. The minimum Gasteiger partial charge on any atom is -0.497 e. The molecule has 0 saturated heterocycles. The molecule has 2 N–H and O–H groups in total. The molecule has 8 nitrogen and oxygen atoms in total. The Bertz CT molecular complexity index is 818. The maximum absolute atomic E-state index is 12.4. The molecular formula is C24H30O8. The van der Waals surface area contributed by atoms with Crippen LogP contribution < -0.4 is 9.47 Å². The van der Waals surface area contributed by atoms with Gasteiger partial charge in [-0.15, -0.1) is 0 Å². The zero-order valence-electron chi connectivity index (χ0n) is 18.8. The lowest BCUT2D eigenvalue weighted by Gasteiger charge is -2.43. The van der Waals surface area contributed by atoms with Gasteiger partial charge in [0.05, 0.1) is 51.8 Å². The molecule has 0 heterocycles. The molecule has 0 spiro atoms. The predicted molar refractivity (Wildman–Crippen MR) is 117 cm³/mol.